The second-order valence-electron chi connectivity index (χ2n) is 4.25. The Morgan fingerprint density at radius 3 is 2.60 bits per heavy atom. The second kappa shape index (κ2) is 6.95. The zero-order chi connectivity index (χ0) is 14.5. The van der Waals surface area contributed by atoms with E-state index in [-0.39, 0.29) is 4.83 Å². The molecule has 0 spiro atoms. The molecule has 0 N–H and O–H groups in total. The molecule has 5 heteroatoms. The van der Waals surface area contributed by atoms with E-state index in [0.717, 1.165) is 29.0 Å². The molecule has 1 heterocycles. The van der Waals surface area contributed by atoms with Gasteiger partial charge in [-0.3, -0.25) is 4.98 Å². The summed E-state index contributed by atoms with van der Waals surface area (Å²) in [4.78, 5) is 4.13. The van der Waals surface area contributed by atoms with Crippen LogP contribution in [0.3, 0.4) is 0 Å². The molecule has 0 amide bonds. The third-order valence-electron chi connectivity index (χ3n) is 3.02. The van der Waals surface area contributed by atoms with Gasteiger partial charge >= 0.3 is 0 Å². The predicted molar refractivity (Wildman–Crippen MR) is 84.2 cm³/mol. The normalized spacial score (nSPS) is 12.0. The molecule has 0 aliphatic rings. The Morgan fingerprint density at radius 1 is 1.20 bits per heavy atom. The third-order valence-corrected chi connectivity index (χ3v) is 4.22. The zero-order valence-electron chi connectivity index (χ0n) is 11.3. The lowest BCUT2D eigenvalue weighted by Crippen LogP contribution is -1.98. The summed E-state index contributed by atoms with van der Waals surface area (Å²) < 4.78 is 10.6. The fourth-order valence-corrected chi connectivity index (χ4v) is 2.76. The summed E-state index contributed by atoms with van der Waals surface area (Å²) in [6.45, 7) is 0. The molecular weight excluding hydrogens is 342 g/mol. The van der Waals surface area contributed by atoms with Crippen LogP contribution in [-0.4, -0.2) is 19.2 Å². The van der Waals surface area contributed by atoms with Crippen LogP contribution in [0.15, 0.2) is 36.7 Å². The minimum absolute atomic E-state index is 0.141. The average Bonchev–Trinajstić information content (AvgIpc) is 2.48. The number of hydrogen-bond donors (Lipinski definition) is 0. The van der Waals surface area contributed by atoms with Gasteiger partial charge in [0.1, 0.15) is 0 Å². The van der Waals surface area contributed by atoms with Crippen LogP contribution in [0.4, 0.5) is 0 Å². The van der Waals surface area contributed by atoms with Gasteiger partial charge in [0.05, 0.1) is 19.2 Å². The van der Waals surface area contributed by atoms with Crippen molar-refractivity contribution in [2.75, 3.05) is 14.2 Å². The summed E-state index contributed by atoms with van der Waals surface area (Å²) in [5, 5.41) is 0.678. The quantitative estimate of drug-likeness (QED) is 0.743. The Morgan fingerprint density at radius 2 is 1.95 bits per heavy atom. The van der Waals surface area contributed by atoms with Crippen LogP contribution in [-0.2, 0) is 6.42 Å². The lowest BCUT2D eigenvalue weighted by atomic mass is 10.0. The maximum Gasteiger partial charge on any atom is 0.161 e. The highest BCUT2D eigenvalue weighted by atomic mass is 79.9. The van der Waals surface area contributed by atoms with Gasteiger partial charge in [-0.2, -0.15) is 0 Å². The first-order valence-electron chi connectivity index (χ1n) is 6.10. The predicted octanol–water partition coefficient (Wildman–Crippen LogP) is 4.43. The van der Waals surface area contributed by atoms with Crippen LogP contribution in [0, 0.1) is 0 Å². The first-order chi connectivity index (χ1) is 9.65. The summed E-state index contributed by atoms with van der Waals surface area (Å²) in [7, 11) is 3.25. The van der Waals surface area contributed by atoms with E-state index in [1.165, 1.54) is 0 Å². The maximum absolute atomic E-state index is 6.13. The number of methoxy groups -OCH3 is 2. The van der Waals surface area contributed by atoms with E-state index in [4.69, 9.17) is 21.1 Å². The smallest absolute Gasteiger partial charge is 0.161 e. The van der Waals surface area contributed by atoms with E-state index in [9.17, 15) is 0 Å². The maximum atomic E-state index is 6.13. The number of halogens is 2. The van der Waals surface area contributed by atoms with Gasteiger partial charge in [-0.25, -0.2) is 0 Å². The van der Waals surface area contributed by atoms with Crippen molar-refractivity contribution in [3.8, 4) is 11.5 Å². The Labute approximate surface area is 132 Å². The van der Waals surface area contributed by atoms with Gasteiger partial charge in [-0.15, -0.1) is 0 Å². The highest BCUT2D eigenvalue weighted by Crippen LogP contribution is 2.35. The summed E-state index contributed by atoms with van der Waals surface area (Å²) in [5.74, 6) is 1.44. The van der Waals surface area contributed by atoms with E-state index in [1.807, 2.05) is 24.3 Å². The summed E-state index contributed by atoms with van der Waals surface area (Å²) in [6, 6.07) is 7.80. The molecule has 3 nitrogen and oxygen atoms in total. The van der Waals surface area contributed by atoms with E-state index in [0.29, 0.717) is 5.02 Å². The van der Waals surface area contributed by atoms with Crippen molar-refractivity contribution in [1.29, 1.82) is 0 Å². The highest BCUT2D eigenvalue weighted by Gasteiger charge is 2.13. The highest BCUT2D eigenvalue weighted by molar-refractivity contribution is 9.09. The molecule has 1 aromatic carbocycles. The standard InChI is InChI=1S/C15H15BrClNO2/c1-19-14-4-3-10(8-15(14)20-2)12(16)7-11-5-6-18-9-13(11)17/h3-6,8-9,12H,7H2,1-2H3. The lowest BCUT2D eigenvalue weighted by molar-refractivity contribution is 0.354. The number of pyridine rings is 1. The fourth-order valence-electron chi connectivity index (χ4n) is 1.93. The SMILES string of the molecule is COc1ccc(C(Br)Cc2ccncc2Cl)cc1OC. The van der Waals surface area contributed by atoms with Crippen LogP contribution < -0.4 is 9.47 Å². The van der Waals surface area contributed by atoms with Gasteiger partial charge in [0.2, 0.25) is 0 Å². The number of hydrogen-bond acceptors (Lipinski definition) is 3. The molecule has 2 aromatic rings. The molecule has 0 fully saturated rings. The monoisotopic (exact) mass is 355 g/mol. The lowest BCUT2D eigenvalue weighted by Gasteiger charge is -2.14. The summed E-state index contributed by atoms with van der Waals surface area (Å²) >= 11 is 9.83. The molecule has 20 heavy (non-hydrogen) atoms. The molecule has 106 valence electrons. The Balaban J connectivity index is 2.21. The molecule has 0 bridgehead atoms. The number of benzene rings is 1. The molecule has 0 saturated heterocycles. The van der Waals surface area contributed by atoms with Crippen molar-refractivity contribution in [3.63, 3.8) is 0 Å². The number of nitrogens with zero attached hydrogens (tertiary/aromatic N) is 1. The average molecular weight is 357 g/mol. The van der Waals surface area contributed by atoms with Crippen molar-refractivity contribution in [2.45, 2.75) is 11.2 Å². The Kier molecular flexibility index (Phi) is 5.26. The molecule has 0 aliphatic heterocycles. The van der Waals surface area contributed by atoms with Crippen LogP contribution in [0.5, 0.6) is 11.5 Å². The van der Waals surface area contributed by atoms with Crippen LogP contribution >= 0.6 is 27.5 Å². The first kappa shape index (κ1) is 15.1. The van der Waals surface area contributed by atoms with Crippen LogP contribution in [0.1, 0.15) is 16.0 Å². The Bertz CT molecular complexity index is 592. The molecule has 1 aromatic heterocycles. The zero-order valence-corrected chi connectivity index (χ0v) is 13.6. The van der Waals surface area contributed by atoms with Gasteiger partial charge in [-0.05, 0) is 35.7 Å². The van der Waals surface area contributed by atoms with Gasteiger partial charge in [-0.1, -0.05) is 33.6 Å². The van der Waals surface area contributed by atoms with Crippen LogP contribution in [0.2, 0.25) is 5.02 Å². The van der Waals surface area contributed by atoms with Crippen molar-refractivity contribution < 1.29 is 9.47 Å². The van der Waals surface area contributed by atoms with Gasteiger partial charge in [0.15, 0.2) is 11.5 Å². The largest absolute Gasteiger partial charge is 0.493 e. The molecular formula is C15H15BrClNO2. The van der Waals surface area contributed by atoms with Crippen molar-refractivity contribution in [2.24, 2.45) is 0 Å². The molecule has 0 radical (unpaired) electrons. The molecule has 0 saturated carbocycles. The Hall–Kier alpha value is -1.26. The van der Waals surface area contributed by atoms with Gasteiger partial charge in [0, 0.05) is 17.2 Å². The van der Waals surface area contributed by atoms with E-state index in [1.54, 1.807) is 26.6 Å². The summed E-state index contributed by atoms with van der Waals surface area (Å²) in [5.41, 5.74) is 2.16. The molecule has 1 atom stereocenters. The van der Waals surface area contributed by atoms with Crippen LogP contribution in [0.25, 0.3) is 0 Å². The fraction of sp³-hybridized carbons (Fsp3) is 0.267. The molecule has 0 aliphatic carbocycles. The number of rotatable bonds is 5. The summed E-state index contributed by atoms with van der Waals surface area (Å²) in [6.07, 6.45) is 4.18. The van der Waals surface area contributed by atoms with Crippen molar-refractivity contribution in [1.82, 2.24) is 4.98 Å². The van der Waals surface area contributed by atoms with Crippen molar-refractivity contribution in [3.05, 3.63) is 52.8 Å². The van der Waals surface area contributed by atoms with Gasteiger partial charge in [0.25, 0.3) is 0 Å². The number of alkyl halides is 1. The topological polar surface area (TPSA) is 31.4 Å². The first-order valence-corrected chi connectivity index (χ1v) is 7.39. The number of ether oxygens (including phenoxy) is 2. The van der Waals surface area contributed by atoms with E-state index in [2.05, 4.69) is 20.9 Å². The minimum atomic E-state index is 0.141. The van der Waals surface area contributed by atoms with Gasteiger partial charge < -0.3 is 9.47 Å². The van der Waals surface area contributed by atoms with E-state index < -0.39 is 0 Å². The third kappa shape index (κ3) is 3.44. The minimum Gasteiger partial charge on any atom is -0.493 e. The molecule has 2 rings (SSSR count). The second-order valence-corrected chi connectivity index (χ2v) is 5.77. The van der Waals surface area contributed by atoms with E-state index >= 15 is 0 Å². The van der Waals surface area contributed by atoms with Crippen molar-refractivity contribution >= 4 is 27.5 Å². The number of aromatic nitrogens is 1. The molecule has 1 unspecified atom stereocenters.